The second kappa shape index (κ2) is 8.17. The molecule has 2 rings (SSSR count). The van der Waals surface area contributed by atoms with Gasteiger partial charge in [-0.25, -0.2) is 8.42 Å². The Morgan fingerprint density at radius 1 is 1.25 bits per heavy atom. The molecule has 11 nitrogen and oxygen atoms in total. The molecule has 1 amide bonds. The van der Waals surface area contributed by atoms with Crippen LogP contribution in [0, 0.1) is 5.41 Å². The van der Waals surface area contributed by atoms with Crippen LogP contribution in [0.2, 0.25) is 0 Å². The highest BCUT2D eigenvalue weighted by Crippen LogP contribution is 2.39. The quantitative estimate of drug-likeness (QED) is 0.402. The van der Waals surface area contributed by atoms with Gasteiger partial charge in [-0.2, -0.15) is 10.1 Å². The van der Waals surface area contributed by atoms with Crippen molar-refractivity contribution < 1.29 is 22.7 Å². The number of methoxy groups -OCH3 is 2. The number of carbonyl (C=O) groups excluding carboxylic acids is 1. The second-order valence-electron chi connectivity index (χ2n) is 5.53. The summed E-state index contributed by atoms with van der Waals surface area (Å²) in [5, 5.41) is 12.6. The van der Waals surface area contributed by atoms with Crippen molar-refractivity contribution in [3.63, 3.8) is 0 Å². The number of rotatable bonds is 6. The number of nitrogens with one attached hydrogen (secondary N) is 1. The summed E-state index contributed by atoms with van der Waals surface area (Å²) in [5.41, 5.74) is 5.48. The van der Waals surface area contributed by atoms with Gasteiger partial charge in [0.2, 0.25) is 5.96 Å². The van der Waals surface area contributed by atoms with Gasteiger partial charge in [0.05, 0.1) is 20.0 Å². The molecule has 0 aliphatic rings. The van der Waals surface area contributed by atoms with E-state index in [0.717, 1.165) is 5.01 Å². The van der Waals surface area contributed by atoms with E-state index in [1.165, 1.54) is 50.2 Å². The van der Waals surface area contributed by atoms with Crippen LogP contribution in [0.3, 0.4) is 0 Å². The average molecular weight is 410 g/mol. The predicted molar refractivity (Wildman–Crippen MR) is 103 cm³/mol. The van der Waals surface area contributed by atoms with Crippen LogP contribution < -0.4 is 20.2 Å². The lowest BCUT2D eigenvalue weighted by molar-refractivity contribution is 0.0952. The van der Waals surface area contributed by atoms with Gasteiger partial charge in [-0.05, 0) is 25.1 Å². The maximum absolute atomic E-state index is 13.3. The van der Waals surface area contributed by atoms with Gasteiger partial charge < -0.3 is 15.2 Å². The van der Waals surface area contributed by atoms with Gasteiger partial charge in [0.15, 0.2) is 11.4 Å². The Bertz CT molecular complexity index is 965. The number of aryl methyl sites for hydroxylation is 1. The van der Waals surface area contributed by atoms with E-state index in [1.54, 1.807) is 13.1 Å². The van der Waals surface area contributed by atoms with Crippen LogP contribution in [0.1, 0.15) is 17.4 Å². The number of hydrazine groups is 1. The molecule has 0 aliphatic carbocycles. The summed E-state index contributed by atoms with van der Waals surface area (Å²) >= 11 is 0. The first-order valence-corrected chi connectivity index (χ1v) is 9.70. The van der Waals surface area contributed by atoms with Gasteiger partial charge in [-0.15, -0.1) is 4.41 Å². The van der Waals surface area contributed by atoms with Gasteiger partial charge in [-0.1, -0.05) is 6.07 Å². The molecule has 12 heteroatoms. The number of hydrogen-bond donors (Lipinski definition) is 2. The fourth-order valence-corrected chi connectivity index (χ4v) is 3.41. The molecule has 0 radical (unpaired) electrons. The zero-order valence-corrected chi connectivity index (χ0v) is 16.7. The molecule has 1 aromatic heterocycles. The highest BCUT2D eigenvalue weighted by atomic mass is 32.2. The number of guanidine groups is 1. The van der Waals surface area contributed by atoms with Crippen molar-refractivity contribution in [3.05, 3.63) is 36.2 Å². The molecule has 0 unspecified atom stereocenters. The molecule has 0 atom stereocenters. The minimum Gasteiger partial charge on any atom is -0.494 e. The van der Waals surface area contributed by atoms with E-state index < -0.39 is 27.6 Å². The van der Waals surface area contributed by atoms with Crippen LogP contribution in [-0.2, 0) is 17.1 Å². The largest absolute Gasteiger partial charge is 0.494 e. The van der Waals surface area contributed by atoms with Crippen LogP contribution in [0.5, 0.6) is 11.5 Å². The molecule has 0 aliphatic heterocycles. The molecule has 0 fully saturated rings. The zero-order chi connectivity index (χ0) is 21.1. The Balaban J connectivity index is 2.84. The van der Waals surface area contributed by atoms with E-state index in [1.807, 2.05) is 0 Å². The first-order chi connectivity index (χ1) is 13.2. The van der Waals surface area contributed by atoms with E-state index in [9.17, 15) is 13.2 Å². The number of aromatic nitrogens is 2. The topological polar surface area (TPSA) is 144 Å². The minimum atomic E-state index is -4.16. The van der Waals surface area contributed by atoms with Gasteiger partial charge in [0, 0.05) is 13.2 Å². The van der Waals surface area contributed by atoms with Crippen molar-refractivity contribution in [3.8, 4) is 11.5 Å². The molecular formula is C16H22N6O5S. The van der Waals surface area contributed by atoms with E-state index in [2.05, 4.69) is 5.10 Å². The molecule has 152 valence electrons. The second-order valence-corrected chi connectivity index (χ2v) is 7.62. The van der Waals surface area contributed by atoms with Crippen LogP contribution in [-0.4, -0.2) is 54.5 Å². The number of amides is 1. The van der Waals surface area contributed by atoms with Crippen LogP contribution in [0.15, 0.2) is 30.5 Å². The van der Waals surface area contributed by atoms with Crippen molar-refractivity contribution in [1.29, 1.82) is 5.41 Å². The summed E-state index contributed by atoms with van der Waals surface area (Å²) < 4.78 is 37.8. The maximum Gasteiger partial charge on any atom is 0.298 e. The van der Waals surface area contributed by atoms with Crippen LogP contribution in [0.25, 0.3) is 0 Å². The first kappa shape index (κ1) is 21.0. The summed E-state index contributed by atoms with van der Waals surface area (Å²) in [4.78, 5) is 13.3. The number of anilines is 1. The molecule has 0 bridgehead atoms. The Kier molecular flexibility index (Phi) is 6.13. The summed E-state index contributed by atoms with van der Waals surface area (Å²) in [6.07, 6.45) is 1.53. The highest BCUT2D eigenvalue weighted by Gasteiger charge is 2.38. The molecule has 1 heterocycles. The Morgan fingerprint density at radius 3 is 2.21 bits per heavy atom. The first-order valence-electron chi connectivity index (χ1n) is 8.10. The van der Waals surface area contributed by atoms with E-state index in [0.29, 0.717) is 4.41 Å². The summed E-state index contributed by atoms with van der Waals surface area (Å²) in [5.74, 6) is -1.84. The van der Waals surface area contributed by atoms with Crippen molar-refractivity contribution in [2.24, 2.45) is 12.8 Å². The molecule has 2 aromatic rings. The number of para-hydroxylation sites is 1. The van der Waals surface area contributed by atoms with Gasteiger partial charge >= 0.3 is 0 Å². The standard InChI is InChI=1S/C16H22N6O5S/c1-5-28(24,25)22(16(17)18)21(15(23)11-9-10-20(2)19-11)14-12(26-3)7-6-8-13(14)27-4/h6-10H,5H2,1-4H3,(H3,17,18). The SMILES string of the molecule is CCS(=O)(=O)N(C(=N)N)N(C(=O)c1ccn(C)n1)c1c(OC)cccc1OC. The molecule has 1 aromatic carbocycles. The van der Waals surface area contributed by atoms with Gasteiger partial charge in [0.25, 0.3) is 15.9 Å². The van der Waals surface area contributed by atoms with E-state index in [-0.39, 0.29) is 22.9 Å². The van der Waals surface area contributed by atoms with Gasteiger partial charge in [-0.3, -0.25) is 14.9 Å². The molecule has 0 saturated carbocycles. The number of hydrogen-bond acceptors (Lipinski definition) is 7. The summed E-state index contributed by atoms with van der Waals surface area (Å²) in [6.45, 7) is 1.37. The fourth-order valence-electron chi connectivity index (χ4n) is 2.46. The Hall–Kier alpha value is -3.28. The molecule has 28 heavy (non-hydrogen) atoms. The van der Waals surface area contributed by atoms with Crippen molar-refractivity contribution in [2.45, 2.75) is 6.92 Å². The fraction of sp³-hybridized carbons (Fsp3) is 0.312. The monoisotopic (exact) mass is 410 g/mol. The number of benzene rings is 1. The number of nitrogens with zero attached hydrogens (tertiary/aromatic N) is 4. The number of ether oxygens (including phenoxy) is 2. The Labute approximate surface area is 162 Å². The number of sulfonamides is 1. The molecular weight excluding hydrogens is 388 g/mol. The van der Waals surface area contributed by atoms with E-state index >= 15 is 0 Å². The summed E-state index contributed by atoms with van der Waals surface area (Å²) in [6, 6.07) is 6.06. The van der Waals surface area contributed by atoms with Crippen molar-refractivity contribution >= 4 is 27.6 Å². The average Bonchev–Trinajstić information content (AvgIpc) is 3.10. The molecule has 0 spiro atoms. The predicted octanol–water partition coefficient (Wildman–Crippen LogP) is 0.544. The van der Waals surface area contributed by atoms with Crippen molar-refractivity contribution in [2.75, 3.05) is 25.0 Å². The van der Waals surface area contributed by atoms with Crippen LogP contribution >= 0.6 is 0 Å². The summed E-state index contributed by atoms with van der Waals surface area (Å²) in [7, 11) is 0.158. The third kappa shape index (κ3) is 3.86. The molecule has 3 N–H and O–H groups in total. The number of nitrogens with two attached hydrogens (primary N) is 1. The number of carbonyl (C=O) groups is 1. The lowest BCUT2D eigenvalue weighted by Gasteiger charge is -2.34. The van der Waals surface area contributed by atoms with Crippen LogP contribution in [0.4, 0.5) is 5.69 Å². The zero-order valence-electron chi connectivity index (χ0n) is 15.9. The van der Waals surface area contributed by atoms with Gasteiger partial charge in [0.1, 0.15) is 11.5 Å². The highest BCUT2D eigenvalue weighted by molar-refractivity contribution is 7.89. The van der Waals surface area contributed by atoms with E-state index in [4.69, 9.17) is 20.6 Å². The lowest BCUT2D eigenvalue weighted by atomic mass is 10.2. The lowest BCUT2D eigenvalue weighted by Crippen LogP contribution is -2.56. The maximum atomic E-state index is 13.3. The minimum absolute atomic E-state index is 0.0321. The molecule has 0 saturated heterocycles. The smallest absolute Gasteiger partial charge is 0.298 e. The Morgan fingerprint density at radius 2 is 1.82 bits per heavy atom. The van der Waals surface area contributed by atoms with Crippen molar-refractivity contribution in [1.82, 2.24) is 14.2 Å². The third-order valence-electron chi connectivity index (χ3n) is 3.75. The third-order valence-corrected chi connectivity index (χ3v) is 5.37. The normalized spacial score (nSPS) is 11.0.